The molecule has 3 rings (SSSR count). The highest BCUT2D eigenvalue weighted by atomic mass is 32.2. The first-order chi connectivity index (χ1) is 9.13. The molecule has 0 aromatic heterocycles. The Labute approximate surface area is 114 Å². The minimum absolute atomic E-state index is 0.0286. The van der Waals surface area contributed by atoms with Gasteiger partial charge in [-0.05, 0) is 17.7 Å². The van der Waals surface area contributed by atoms with Gasteiger partial charge in [0.1, 0.15) is 0 Å². The maximum Gasteiger partial charge on any atom is 0.240 e. The monoisotopic (exact) mass is 275 g/mol. The van der Waals surface area contributed by atoms with E-state index in [0.29, 0.717) is 12.2 Å². The molecule has 1 atom stereocenters. The van der Waals surface area contributed by atoms with Crippen LogP contribution in [0.1, 0.15) is 18.9 Å². The van der Waals surface area contributed by atoms with Gasteiger partial charge in [-0.1, -0.05) is 13.0 Å². The average molecular weight is 275 g/mol. The molecule has 0 bridgehead atoms. The summed E-state index contributed by atoms with van der Waals surface area (Å²) in [6.45, 7) is 1.99. The van der Waals surface area contributed by atoms with E-state index in [-0.39, 0.29) is 17.7 Å². The van der Waals surface area contributed by atoms with Crippen LogP contribution in [0.4, 0.5) is 5.69 Å². The van der Waals surface area contributed by atoms with Crippen molar-refractivity contribution in [3.8, 4) is 0 Å². The standard InChI is InChI=1S/C13H13N3O2S/c1-7-4-11(17)15-16-13(7)8-2-3-9-10(5-8)19-6-12(18)14-9/h2-3,5,7H,4,6H2,1H3,(H,14,18)(H,15,17). The van der Waals surface area contributed by atoms with Crippen LogP contribution in [-0.2, 0) is 9.59 Å². The molecule has 1 aromatic rings. The molecule has 1 unspecified atom stereocenters. The van der Waals surface area contributed by atoms with Gasteiger partial charge < -0.3 is 5.32 Å². The van der Waals surface area contributed by atoms with Crippen LogP contribution in [0.25, 0.3) is 0 Å². The number of hydrogen-bond acceptors (Lipinski definition) is 4. The fraction of sp³-hybridized carbons (Fsp3) is 0.308. The molecular weight excluding hydrogens is 262 g/mol. The maximum absolute atomic E-state index is 11.3. The van der Waals surface area contributed by atoms with Crippen LogP contribution in [0.15, 0.2) is 28.2 Å². The van der Waals surface area contributed by atoms with Crippen LogP contribution in [0.3, 0.4) is 0 Å². The molecule has 2 aliphatic heterocycles. The average Bonchev–Trinajstić information content (AvgIpc) is 2.38. The second kappa shape index (κ2) is 4.70. The topological polar surface area (TPSA) is 70.6 Å². The third kappa shape index (κ3) is 2.35. The van der Waals surface area contributed by atoms with E-state index in [2.05, 4.69) is 15.8 Å². The summed E-state index contributed by atoms with van der Waals surface area (Å²) in [4.78, 5) is 23.6. The van der Waals surface area contributed by atoms with Crippen molar-refractivity contribution in [2.45, 2.75) is 18.2 Å². The SMILES string of the molecule is CC1CC(=O)NN=C1c1ccc2c(c1)SCC(=O)N2. The van der Waals surface area contributed by atoms with E-state index in [1.54, 1.807) is 0 Å². The number of carbonyl (C=O) groups excluding carboxylic acids is 2. The highest BCUT2D eigenvalue weighted by molar-refractivity contribution is 8.00. The quantitative estimate of drug-likeness (QED) is 0.817. The largest absolute Gasteiger partial charge is 0.324 e. The minimum atomic E-state index is -0.0455. The lowest BCUT2D eigenvalue weighted by Gasteiger charge is -2.21. The number of hydrazone groups is 1. The molecule has 2 aliphatic rings. The highest BCUT2D eigenvalue weighted by Crippen LogP contribution is 2.33. The molecule has 5 nitrogen and oxygen atoms in total. The second-order valence-electron chi connectivity index (χ2n) is 4.68. The summed E-state index contributed by atoms with van der Waals surface area (Å²) in [6.07, 6.45) is 0.458. The van der Waals surface area contributed by atoms with Gasteiger partial charge in [0.15, 0.2) is 0 Å². The Bertz CT molecular complexity index is 598. The molecule has 2 amide bonds. The van der Waals surface area contributed by atoms with E-state index in [9.17, 15) is 9.59 Å². The number of nitrogens with one attached hydrogen (secondary N) is 2. The van der Waals surface area contributed by atoms with Crippen molar-refractivity contribution in [2.24, 2.45) is 11.0 Å². The van der Waals surface area contributed by atoms with Crippen molar-refractivity contribution >= 4 is 35.0 Å². The number of anilines is 1. The van der Waals surface area contributed by atoms with Crippen molar-refractivity contribution in [3.05, 3.63) is 23.8 Å². The molecule has 0 aliphatic carbocycles. The van der Waals surface area contributed by atoms with Gasteiger partial charge in [0.25, 0.3) is 0 Å². The summed E-state index contributed by atoms with van der Waals surface area (Å²) in [5.41, 5.74) is 5.25. The summed E-state index contributed by atoms with van der Waals surface area (Å²) in [5.74, 6) is 0.529. The Morgan fingerprint density at radius 1 is 1.32 bits per heavy atom. The Morgan fingerprint density at radius 2 is 2.16 bits per heavy atom. The Kier molecular flexibility index (Phi) is 3.02. The predicted octanol–water partition coefficient (Wildman–Crippen LogP) is 1.59. The molecule has 0 radical (unpaired) electrons. The third-order valence-corrected chi connectivity index (χ3v) is 4.22. The summed E-state index contributed by atoms with van der Waals surface area (Å²) in [5, 5.41) is 6.99. The zero-order valence-corrected chi connectivity index (χ0v) is 11.2. The lowest BCUT2D eigenvalue weighted by molar-refractivity contribution is -0.122. The van der Waals surface area contributed by atoms with E-state index >= 15 is 0 Å². The number of fused-ring (bicyclic) bond motifs is 1. The number of rotatable bonds is 1. The van der Waals surface area contributed by atoms with E-state index in [4.69, 9.17) is 0 Å². The van der Waals surface area contributed by atoms with Crippen molar-refractivity contribution in [1.29, 1.82) is 0 Å². The molecule has 2 N–H and O–H groups in total. The second-order valence-corrected chi connectivity index (χ2v) is 5.70. The fourth-order valence-corrected chi connectivity index (χ4v) is 3.08. The molecule has 0 saturated carbocycles. The normalized spacial score (nSPS) is 22.2. The molecule has 0 saturated heterocycles. The molecule has 1 aromatic carbocycles. The number of hydrogen-bond donors (Lipinski definition) is 2. The Morgan fingerprint density at radius 3 is 2.95 bits per heavy atom. The van der Waals surface area contributed by atoms with Crippen molar-refractivity contribution in [3.63, 3.8) is 0 Å². The lowest BCUT2D eigenvalue weighted by atomic mass is 9.94. The van der Waals surface area contributed by atoms with Gasteiger partial charge in [-0.2, -0.15) is 5.10 Å². The number of carbonyl (C=O) groups is 2. The Hall–Kier alpha value is -1.82. The van der Waals surface area contributed by atoms with Crippen LogP contribution in [-0.4, -0.2) is 23.3 Å². The number of amides is 2. The predicted molar refractivity (Wildman–Crippen MR) is 74.3 cm³/mol. The number of benzene rings is 1. The molecule has 0 spiro atoms. The molecule has 6 heteroatoms. The van der Waals surface area contributed by atoms with Crippen molar-refractivity contribution in [2.75, 3.05) is 11.1 Å². The smallest absolute Gasteiger partial charge is 0.240 e. The Balaban J connectivity index is 1.94. The van der Waals surface area contributed by atoms with E-state index < -0.39 is 0 Å². The van der Waals surface area contributed by atoms with E-state index in [1.807, 2.05) is 25.1 Å². The van der Waals surface area contributed by atoms with Crippen LogP contribution in [0.2, 0.25) is 0 Å². The van der Waals surface area contributed by atoms with E-state index in [0.717, 1.165) is 21.9 Å². The van der Waals surface area contributed by atoms with Crippen molar-refractivity contribution < 1.29 is 9.59 Å². The first-order valence-electron chi connectivity index (χ1n) is 6.07. The number of thioether (sulfide) groups is 1. The maximum atomic E-state index is 11.3. The van der Waals surface area contributed by atoms with Crippen LogP contribution in [0.5, 0.6) is 0 Å². The van der Waals surface area contributed by atoms with Crippen LogP contribution < -0.4 is 10.7 Å². The first kappa shape index (κ1) is 12.2. The van der Waals surface area contributed by atoms with Crippen molar-refractivity contribution in [1.82, 2.24) is 5.43 Å². The summed E-state index contributed by atoms with van der Waals surface area (Å²) in [7, 11) is 0. The lowest BCUT2D eigenvalue weighted by Crippen LogP contribution is -2.32. The van der Waals surface area contributed by atoms with Gasteiger partial charge in [0.2, 0.25) is 11.8 Å². The van der Waals surface area contributed by atoms with Gasteiger partial charge in [0.05, 0.1) is 17.2 Å². The van der Waals surface area contributed by atoms with Gasteiger partial charge in [-0.3, -0.25) is 9.59 Å². The van der Waals surface area contributed by atoms with Gasteiger partial charge in [-0.15, -0.1) is 11.8 Å². The highest BCUT2D eigenvalue weighted by Gasteiger charge is 2.23. The van der Waals surface area contributed by atoms with Crippen LogP contribution >= 0.6 is 11.8 Å². The number of nitrogens with zero attached hydrogens (tertiary/aromatic N) is 1. The van der Waals surface area contributed by atoms with Gasteiger partial charge >= 0.3 is 0 Å². The van der Waals surface area contributed by atoms with Gasteiger partial charge in [0, 0.05) is 17.2 Å². The first-order valence-corrected chi connectivity index (χ1v) is 7.05. The van der Waals surface area contributed by atoms with Crippen LogP contribution in [0, 0.1) is 5.92 Å². The van der Waals surface area contributed by atoms with Gasteiger partial charge in [-0.25, -0.2) is 5.43 Å². The molecule has 19 heavy (non-hydrogen) atoms. The summed E-state index contributed by atoms with van der Waals surface area (Å²) in [6, 6.07) is 5.84. The molecule has 2 heterocycles. The molecule has 98 valence electrons. The summed E-state index contributed by atoms with van der Waals surface area (Å²) < 4.78 is 0. The van der Waals surface area contributed by atoms with E-state index in [1.165, 1.54) is 11.8 Å². The fourth-order valence-electron chi connectivity index (χ4n) is 2.24. The molecule has 0 fully saturated rings. The zero-order valence-electron chi connectivity index (χ0n) is 10.4. The molecular formula is C13H13N3O2S. The third-order valence-electron chi connectivity index (χ3n) is 3.17. The zero-order chi connectivity index (χ0) is 13.4. The summed E-state index contributed by atoms with van der Waals surface area (Å²) >= 11 is 1.52. The minimum Gasteiger partial charge on any atom is -0.324 e.